The van der Waals surface area contributed by atoms with E-state index >= 15 is 0 Å². The van der Waals surface area contributed by atoms with E-state index in [9.17, 15) is 13.6 Å². The van der Waals surface area contributed by atoms with Crippen molar-refractivity contribution in [2.24, 2.45) is 7.05 Å². The lowest BCUT2D eigenvalue weighted by Crippen LogP contribution is -2.15. The largest absolute Gasteiger partial charge is 0.316 e. The van der Waals surface area contributed by atoms with Crippen LogP contribution in [-0.2, 0) is 17.4 Å². The third-order valence-corrected chi connectivity index (χ3v) is 6.55. The highest BCUT2D eigenvalue weighted by Crippen LogP contribution is 2.39. The molecule has 0 radical (unpaired) electrons. The van der Waals surface area contributed by atoms with Crippen LogP contribution in [0.5, 0.6) is 0 Å². The monoisotopic (exact) mass is 502 g/mol. The van der Waals surface area contributed by atoms with Gasteiger partial charge in [-0.2, -0.15) is 13.9 Å². The number of aromatic nitrogens is 3. The SMILES string of the molecule is C=IC(F)(F)c1cccc(Cc2nc(C)c(NC(=O)c3ccnn3C)s2)c1. The molecule has 1 N–H and O–H groups in total. The zero-order chi connectivity index (χ0) is 19.6. The average Bonchev–Trinajstić information content (AvgIpc) is 3.21. The second-order valence-electron chi connectivity index (χ2n) is 5.82. The number of nitrogens with zero attached hydrogens (tertiary/aromatic N) is 3. The van der Waals surface area contributed by atoms with Crippen LogP contribution >= 0.6 is 32.1 Å². The fourth-order valence-electron chi connectivity index (χ4n) is 2.52. The fourth-order valence-corrected chi connectivity index (χ4v) is 4.29. The minimum Gasteiger partial charge on any atom is -0.311 e. The summed E-state index contributed by atoms with van der Waals surface area (Å²) in [4.78, 5) is 16.8. The summed E-state index contributed by atoms with van der Waals surface area (Å²) in [5.41, 5.74) is 1.88. The molecule has 0 aliphatic heterocycles. The highest BCUT2D eigenvalue weighted by Gasteiger charge is 2.28. The molecule has 2 aromatic heterocycles. The van der Waals surface area contributed by atoms with Crippen LogP contribution in [0.15, 0.2) is 36.5 Å². The van der Waals surface area contributed by atoms with E-state index in [0.717, 1.165) is 10.6 Å². The zero-order valence-corrected chi connectivity index (χ0v) is 17.6. The quantitative estimate of drug-likeness (QED) is 0.400. The van der Waals surface area contributed by atoms with E-state index in [1.165, 1.54) is 28.2 Å². The normalized spacial score (nSPS) is 11.6. The number of amides is 1. The van der Waals surface area contributed by atoms with Crippen molar-refractivity contribution in [3.8, 4) is 0 Å². The molecule has 0 unspecified atom stereocenters. The van der Waals surface area contributed by atoms with E-state index in [0.29, 0.717) is 22.8 Å². The molecule has 5 nitrogen and oxygen atoms in total. The molecule has 0 aliphatic carbocycles. The Morgan fingerprint density at radius 1 is 1.41 bits per heavy atom. The van der Waals surface area contributed by atoms with Crippen molar-refractivity contribution in [2.75, 3.05) is 5.32 Å². The van der Waals surface area contributed by atoms with E-state index in [4.69, 9.17) is 0 Å². The van der Waals surface area contributed by atoms with E-state index in [1.807, 2.05) is 0 Å². The van der Waals surface area contributed by atoms with Crippen molar-refractivity contribution >= 4 is 47.5 Å². The van der Waals surface area contributed by atoms with Gasteiger partial charge in [-0.25, -0.2) is 4.98 Å². The van der Waals surface area contributed by atoms with Crippen molar-refractivity contribution in [2.45, 2.75) is 17.3 Å². The number of hydrogen-bond donors (Lipinski definition) is 1. The Balaban J connectivity index is 1.77. The van der Waals surface area contributed by atoms with Gasteiger partial charge in [-0.3, -0.25) is 9.48 Å². The average molecular weight is 502 g/mol. The number of halogens is 3. The molecule has 3 rings (SSSR count). The van der Waals surface area contributed by atoms with E-state index in [-0.39, 0.29) is 11.5 Å². The lowest BCUT2D eigenvalue weighted by molar-refractivity contribution is 0.101. The van der Waals surface area contributed by atoms with Crippen LogP contribution in [0.1, 0.15) is 32.3 Å². The molecule has 0 atom stereocenters. The van der Waals surface area contributed by atoms with Gasteiger partial charge in [0.05, 0.1) is 10.7 Å². The molecule has 2 heterocycles. The number of nitrogens with one attached hydrogen (secondary N) is 1. The summed E-state index contributed by atoms with van der Waals surface area (Å²) in [6.45, 7) is 1.80. The van der Waals surface area contributed by atoms with Gasteiger partial charge in [-0.05, 0) is 45.4 Å². The van der Waals surface area contributed by atoms with Crippen molar-refractivity contribution < 1.29 is 13.6 Å². The molecule has 142 valence electrons. The fraction of sp³-hybridized carbons (Fsp3) is 0.222. The van der Waals surface area contributed by atoms with Gasteiger partial charge in [0, 0.05) is 25.2 Å². The molecular weight excluding hydrogens is 485 g/mol. The van der Waals surface area contributed by atoms with Gasteiger partial charge in [-0.15, -0.1) is 11.3 Å². The third kappa shape index (κ3) is 4.46. The lowest BCUT2D eigenvalue weighted by atomic mass is 10.1. The first-order valence-electron chi connectivity index (χ1n) is 7.92. The Kier molecular flexibility index (Phi) is 5.80. The predicted molar refractivity (Wildman–Crippen MR) is 112 cm³/mol. The van der Waals surface area contributed by atoms with Crippen molar-refractivity contribution in [1.82, 2.24) is 14.8 Å². The van der Waals surface area contributed by atoms with Crippen LogP contribution in [0.25, 0.3) is 0 Å². The molecule has 0 saturated carbocycles. The molecule has 3 aromatic rings. The lowest BCUT2D eigenvalue weighted by Gasteiger charge is -2.11. The van der Waals surface area contributed by atoms with Gasteiger partial charge in [0.15, 0.2) is 0 Å². The van der Waals surface area contributed by atoms with Crippen LogP contribution in [0, 0.1) is 6.92 Å². The summed E-state index contributed by atoms with van der Waals surface area (Å²) < 4.78 is 29.9. The number of aryl methyl sites for hydroxylation is 2. The second-order valence-corrected chi connectivity index (χ2v) is 9.03. The molecule has 0 fully saturated rings. The number of rotatable bonds is 6. The molecule has 0 aliphatic rings. The van der Waals surface area contributed by atoms with Gasteiger partial charge in [-0.1, -0.05) is 22.7 Å². The predicted octanol–water partition coefficient (Wildman–Crippen LogP) is 4.48. The van der Waals surface area contributed by atoms with Crippen LogP contribution in [0.4, 0.5) is 13.8 Å². The van der Waals surface area contributed by atoms with Crippen LogP contribution in [0.3, 0.4) is 0 Å². The molecule has 0 bridgehead atoms. The number of anilines is 1. The van der Waals surface area contributed by atoms with Gasteiger partial charge in [0.25, 0.3) is 5.91 Å². The third-order valence-electron chi connectivity index (χ3n) is 3.90. The summed E-state index contributed by atoms with van der Waals surface area (Å²) in [6, 6.07) is 8.00. The zero-order valence-electron chi connectivity index (χ0n) is 14.7. The van der Waals surface area contributed by atoms with Gasteiger partial charge < -0.3 is 5.32 Å². The molecule has 0 spiro atoms. The Hall–Kier alpha value is -2.01. The van der Waals surface area contributed by atoms with Crippen LogP contribution in [0.2, 0.25) is 0 Å². The molecule has 0 saturated heterocycles. The van der Waals surface area contributed by atoms with Gasteiger partial charge >= 0.3 is 3.93 Å². The topological polar surface area (TPSA) is 59.8 Å². The van der Waals surface area contributed by atoms with Gasteiger partial charge in [0.1, 0.15) is 10.7 Å². The summed E-state index contributed by atoms with van der Waals surface area (Å²) in [5, 5.41) is 8.20. The molecule has 1 aromatic carbocycles. The molecule has 1 amide bonds. The van der Waals surface area contributed by atoms with Crippen LogP contribution in [-0.4, -0.2) is 25.2 Å². The van der Waals surface area contributed by atoms with E-state index in [2.05, 4.69) is 19.9 Å². The molecule has 9 heteroatoms. The maximum Gasteiger partial charge on any atom is 0.316 e. The second kappa shape index (κ2) is 7.93. The summed E-state index contributed by atoms with van der Waals surface area (Å²) in [7, 11) is 1.69. The highest BCUT2D eigenvalue weighted by atomic mass is 127. The minimum absolute atomic E-state index is 0.000752. The summed E-state index contributed by atoms with van der Waals surface area (Å²) in [5.74, 6) is -0.269. The highest BCUT2D eigenvalue weighted by molar-refractivity contribution is 14.2. The first-order chi connectivity index (χ1) is 12.8. The maximum atomic E-state index is 13.9. The minimum atomic E-state index is -2.84. The molecule has 27 heavy (non-hydrogen) atoms. The first-order valence-corrected chi connectivity index (χ1v) is 11.3. The Bertz CT molecular complexity index is 999. The van der Waals surface area contributed by atoms with Crippen molar-refractivity contribution in [3.63, 3.8) is 0 Å². The van der Waals surface area contributed by atoms with Crippen molar-refractivity contribution in [1.29, 1.82) is 0 Å². The Labute approximate surface area is 169 Å². The molecular formula is C18H17F2IN4OS. The number of carbonyl (C=O) groups is 1. The van der Waals surface area contributed by atoms with Gasteiger partial charge in [0.2, 0.25) is 0 Å². The number of benzene rings is 1. The smallest absolute Gasteiger partial charge is 0.311 e. The summed E-state index contributed by atoms with van der Waals surface area (Å²) >= 11 is -0.135. The number of alkyl halides is 3. The number of thiazole rings is 1. The maximum absolute atomic E-state index is 13.9. The van der Waals surface area contributed by atoms with E-state index in [1.54, 1.807) is 38.4 Å². The Morgan fingerprint density at radius 2 is 2.19 bits per heavy atom. The summed E-state index contributed by atoms with van der Waals surface area (Å²) in [6.07, 6.45) is 1.98. The standard InChI is InChI=1S/C18H17F2IN4OS/c1-11-17(24-16(26)14-7-8-22-25(14)3)27-15(23-11)10-12-5-4-6-13(9-12)18(19,20)21-2/h4-9H,2,10H2,1,3H3,(H,24,26). The van der Waals surface area contributed by atoms with Crippen LogP contribution < -0.4 is 5.32 Å². The van der Waals surface area contributed by atoms with E-state index < -0.39 is 24.7 Å². The Morgan fingerprint density at radius 3 is 2.85 bits per heavy atom. The first kappa shape index (κ1) is 19.7. The number of carbonyl (C=O) groups excluding carboxylic acids is 1. The number of hydrogen-bond acceptors (Lipinski definition) is 4. The van der Waals surface area contributed by atoms with Crippen molar-refractivity contribution in [3.05, 3.63) is 64.1 Å².